The summed E-state index contributed by atoms with van der Waals surface area (Å²) in [5.74, 6) is 0.472. The van der Waals surface area contributed by atoms with Crippen molar-refractivity contribution in [3.63, 3.8) is 0 Å². The Morgan fingerprint density at radius 2 is 2.05 bits per heavy atom. The van der Waals surface area contributed by atoms with Crippen molar-refractivity contribution in [2.24, 2.45) is 0 Å². The van der Waals surface area contributed by atoms with Gasteiger partial charge in [-0.05, 0) is 26.3 Å². The molecule has 2 aromatic rings. The zero-order valence-corrected chi connectivity index (χ0v) is 14.0. The van der Waals surface area contributed by atoms with Crippen LogP contribution in [0.5, 0.6) is 0 Å². The molecule has 0 N–H and O–H groups in total. The Labute approximate surface area is 136 Å². The van der Waals surface area contributed by atoms with Gasteiger partial charge in [-0.3, -0.25) is 4.79 Å². The Morgan fingerprint density at radius 1 is 1.32 bits per heavy atom. The number of nitrogens with zero attached hydrogens (tertiary/aromatic N) is 2. The molecule has 2 rings (SSSR count). The van der Waals surface area contributed by atoms with E-state index in [1.807, 2.05) is 30.0 Å². The van der Waals surface area contributed by atoms with Gasteiger partial charge in [-0.2, -0.15) is 0 Å². The summed E-state index contributed by atoms with van der Waals surface area (Å²) in [5, 5.41) is 4.61. The number of unbranched alkanes of at least 4 members (excludes halogenated alkanes) is 1. The van der Waals surface area contributed by atoms with Crippen molar-refractivity contribution in [2.75, 3.05) is 13.1 Å². The predicted octanol–water partition coefficient (Wildman–Crippen LogP) is 4.57. The van der Waals surface area contributed by atoms with Crippen LogP contribution in [0.25, 0.3) is 11.3 Å². The molecule has 0 aliphatic heterocycles. The number of amides is 1. The third-order valence-electron chi connectivity index (χ3n) is 3.66. The zero-order chi connectivity index (χ0) is 16.1. The SMILES string of the molecule is CCCCN(CC)C(=O)c1c(-c2ccccc2Cl)noc1C. The van der Waals surface area contributed by atoms with Gasteiger partial charge in [0.25, 0.3) is 5.91 Å². The molecule has 0 unspecified atom stereocenters. The van der Waals surface area contributed by atoms with Crippen LogP contribution < -0.4 is 0 Å². The van der Waals surface area contributed by atoms with Crippen LogP contribution in [0, 0.1) is 6.92 Å². The van der Waals surface area contributed by atoms with Gasteiger partial charge < -0.3 is 9.42 Å². The van der Waals surface area contributed by atoms with E-state index in [0.29, 0.717) is 28.6 Å². The molecular formula is C17H21ClN2O2. The lowest BCUT2D eigenvalue weighted by molar-refractivity contribution is 0.0761. The standard InChI is InChI=1S/C17H21ClN2O2/c1-4-6-11-20(5-2)17(21)15-12(3)22-19-16(15)13-9-7-8-10-14(13)18/h7-10H,4-6,11H2,1-3H3. The number of carbonyl (C=O) groups is 1. The van der Waals surface area contributed by atoms with E-state index in [0.717, 1.165) is 24.9 Å². The fraction of sp³-hybridized carbons (Fsp3) is 0.412. The summed E-state index contributed by atoms with van der Waals surface area (Å²) in [7, 11) is 0. The van der Waals surface area contributed by atoms with Crippen molar-refractivity contribution < 1.29 is 9.32 Å². The second kappa shape index (κ2) is 7.45. The number of halogens is 1. The number of carbonyl (C=O) groups excluding carboxylic acids is 1. The number of benzene rings is 1. The number of aryl methyl sites for hydroxylation is 1. The summed E-state index contributed by atoms with van der Waals surface area (Å²) in [6.07, 6.45) is 2.02. The molecule has 1 amide bonds. The van der Waals surface area contributed by atoms with E-state index in [4.69, 9.17) is 16.1 Å². The normalized spacial score (nSPS) is 10.7. The van der Waals surface area contributed by atoms with Gasteiger partial charge in [-0.15, -0.1) is 0 Å². The molecule has 0 radical (unpaired) electrons. The summed E-state index contributed by atoms with van der Waals surface area (Å²) in [6.45, 7) is 7.24. The third kappa shape index (κ3) is 3.33. The van der Waals surface area contributed by atoms with Crippen molar-refractivity contribution >= 4 is 17.5 Å². The molecule has 1 aromatic heterocycles. The van der Waals surface area contributed by atoms with E-state index in [9.17, 15) is 4.79 Å². The average Bonchev–Trinajstić information content (AvgIpc) is 2.89. The van der Waals surface area contributed by atoms with Gasteiger partial charge in [0.15, 0.2) is 0 Å². The minimum Gasteiger partial charge on any atom is -0.360 e. The first kappa shape index (κ1) is 16.6. The molecule has 0 fully saturated rings. The maximum Gasteiger partial charge on any atom is 0.259 e. The number of hydrogen-bond donors (Lipinski definition) is 0. The molecule has 5 heteroatoms. The molecule has 0 bridgehead atoms. The Balaban J connectivity index is 2.41. The second-order valence-electron chi connectivity index (χ2n) is 5.18. The van der Waals surface area contributed by atoms with E-state index in [1.165, 1.54) is 0 Å². The van der Waals surface area contributed by atoms with Crippen molar-refractivity contribution in [1.82, 2.24) is 10.1 Å². The van der Waals surface area contributed by atoms with Crippen molar-refractivity contribution in [1.29, 1.82) is 0 Å². The molecule has 0 atom stereocenters. The van der Waals surface area contributed by atoms with Crippen LogP contribution >= 0.6 is 11.6 Å². The fourth-order valence-corrected chi connectivity index (χ4v) is 2.60. The molecule has 0 aliphatic carbocycles. The van der Waals surface area contributed by atoms with Gasteiger partial charge in [-0.25, -0.2) is 0 Å². The monoisotopic (exact) mass is 320 g/mol. The van der Waals surface area contributed by atoms with Crippen LogP contribution in [0.3, 0.4) is 0 Å². The largest absolute Gasteiger partial charge is 0.360 e. The molecule has 0 saturated heterocycles. The number of aromatic nitrogens is 1. The van der Waals surface area contributed by atoms with Crippen molar-refractivity contribution in [2.45, 2.75) is 33.6 Å². The first-order valence-electron chi connectivity index (χ1n) is 7.60. The minimum atomic E-state index is -0.0513. The van der Waals surface area contributed by atoms with Gasteiger partial charge in [0.1, 0.15) is 17.0 Å². The fourth-order valence-electron chi connectivity index (χ4n) is 2.37. The van der Waals surface area contributed by atoms with E-state index in [-0.39, 0.29) is 5.91 Å². The molecule has 0 aliphatic rings. The smallest absolute Gasteiger partial charge is 0.259 e. The molecular weight excluding hydrogens is 300 g/mol. The van der Waals surface area contributed by atoms with Crippen molar-refractivity contribution in [3.8, 4) is 11.3 Å². The van der Waals surface area contributed by atoms with Gasteiger partial charge in [-0.1, -0.05) is 48.3 Å². The summed E-state index contributed by atoms with van der Waals surface area (Å²) in [6, 6.07) is 7.34. The van der Waals surface area contributed by atoms with E-state index < -0.39 is 0 Å². The quantitative estimate of drug-likeness (QED) is 0.783. The highest BCUT2D eigenvalue weighted by atomic mass is 35.5. The first-order chi connectivity index (χ1) is 10.6. The summed E-state index contributed by atoms with van der Waals surface area (Å²) >= 11 is 6.24. The maximum absolute atomic E-state index is 12.9. The molecule has 4 nitrogen and oxygen atoms in total. The van der Waals surface area contributed by atoms with E-state index in [2.05, 4.69) is 12.1 Å². The minimum absolute atomic E-state index is 0.0513. The lowest BCUT2D eigenvalue weighted by Crippen LogP contribution is -2.32. The van der Waals surface area contributed by atoms with Crippen LogP contribution in [0.15, 0.2) is 28.8 Å². The number of hydrogen-bond acceptors (Lipinski definition) is 3. The highest BCUT2D eigenvalue weighted by molar-refractivity contribution is 6.33. The van der Waals surface area contributed by atoms with Crippen LogP contribution in [0.1, 0.15) is 42.8 Å². The van der Waals surface area contributed by atoms with Crippen LogP contribution in [0.2, 0.25) is 5.02 Å². The second-order valence-corrected chi connectivity index (χ2v) is 5.59. The highest BCUT2D eigenvalue weighted by Gasteiger charge is 2.26. The molecule has 1 heterocycles. The Kier molecular flexibility index (Phi) is 5.61. The third-order valence-corrected chi connectivity index (χ3v) is 3.99. The molecule has 0 spiro atoms. The average molecular weight is 321 g/mol. The van der Waals surface area contributed by atoms with Gasteiger partial charge >= 0.3 is 0 Å². The topological polar surface area (TPSA) is 46.3 Å². The lowest BCUT2D eigenvalue weighted by Gasteiger charge is -2.20. The molecule has 22 heavy (non-hydrogen) atoms. The zero-order valence-electron chi connectivity index (χ0n) is 13.2. The van der Waals surface area contributed by atoms with Crippen LogP contribution in [-0.2, 0) is 0 Å². The van der Waals surface area contributed by atoms with E-state index in [1.54, 1.807) is 13.0 Å². The molecule has 118 valence electrons. The van der Waals surface area contributed by atoms with Crippen molar-refractivity contribution in [3.05, 3.63) is 40.6 Å². The lowest BCUT2D eigenvalue weighted by atomic mass is 10.0. The van der Waals surface area contributed by atoms with Crippen LogP contribution in [0.4, 0.5) is 0 Å². The Morgan fingerprint density at radius 3 is 2.68 bits per heavy atom. The Bertz CT molecular complexity index is 652. The summed E-state index contributed by atoms with van der Waals surface area (Å²) in [4.78, 5) is 14.7. The van der Waals surface area contributed by atoms with E-state index >= 15 is 0 Å². The first-order valence-corrected chi connectivity index (χ1v) is 7.98. The summed E-state index contributed by atoms with van der Waals surface area (Å²) < 4.78 is 5.27. The number of rotatable bonds is 6. The predicted molar refractivity (Wildman–Crippen MR) is 88.2 cm³/mol. The molecule has 0 saturated carbocycles. The Hall–Kier alpha value is -1.81. The van der Waals surface area contributed by atoms with Crippen LogP contribution in [-0.4, -0.2) is 29.1 Å². The summed E-state index contributed by atoms with van der Waals surface area (Å²) in [5.41, 5.74) is 1.74. The van der Waals surface area contributed by atoms with Gasteiger partial charge in [0, 0.05) is 18.7 Å². The van der Waals surface area contributed by atoms with Gasteiger partial charge in [0.05, 0.1) is 5.02 Å². The van der Waals surface area contributed by atoms with Gasteiger partial charge in [0.2, 0.25) is 0 Å². The maximum atomic E-state index is 12.9. The molecule has 1 aromatic carbocycles. The highest BCUT2D eigenvalue weighted by Crippen LogP contribution is 2.31.